The first-order chi connectivity index (χ1) is 16.1. The largest absolute Gasteiger partial charge is 0.498 e. The molecule has 0 bridgehead atoms. The van der Waals surface area contributed by atoms with Gasteiger partial charge in [0.1, 0.15) is 6.29 Å². The highest BCUT2D eigenvalue weighted by atomic mass is 16.5. The van der Waals surface area contributed by atoms with Gasteiger partial charge in [-0.25, -0.2) is 0 Å². The third kappa shape index (κ3) is 3.53. The zero-order chi connectivity index (χ0) is 24.9. The van der Waals surface area contributed by atoms with Gasteiger partial charge in [0.2, 0.25) is 0 Å². The number of fused-ring (bicyclic) bond motifs is 5. The second kappa shape index (κ2) is 8.81. The van der Waals surface area contributed by atoms with Crippen molar-refractivity contribution in [1.82, 2.24) is 0 Å². The number of aldehydes is 1. The van der Waals surface area contributed by atoms with E-state index in [-0.39, 0.29) is 36.0 Å². The Labute approximate surface area is 201 Å². The molecule has 188 valence electrons. The summed E-state index contributed by atoms with van der Waals surface area (Å²) in [5.41, 5.74) is -0.495. The minimum absolute atomic E-state index is 0.000242. The number of aliphatic carboxylic acids is 1. The third-order valence-electron chi connectivity index (χ3n) is 9.98. The van der Waals surface area contributed by atoms with Crippen LogP contribution in [0.1, 0.15) is 72.1 Å². The molecule has 7 heteroatoms. The number of carbonyl (C=O) groups is 3. The highest BCUT2D eigenvalue weighted by Gasteiger charge is 2.66. The van der Waals surface area contributed by atoms with Gasteiger partial charge in [0.25, 0.3) is 0 Å². The summed E-state index contributed by atoms with van der Waals surface area (Å²) in [5.74, 6) is -1.15. The van der Waals surface area contributed by atoms with Crippen molar-refractivity contribution in [1.29, 1.82) is 0 Å². The monoisotopic (exact) mass is 474 g/mol. The van der Waals surface area contributed by atoms with E-state index in [1.54, 1.807) is 0 Å². The van der Waals surface area contributed by atoms with Crippen molar-refractivity contribution in [2.45, 2.75) is 77.7 Å². The third-order valence-corrected chi connectivity index (χ3v) is 9.98. The van der Waals surface area contributed by atoms with Crippen LogP contribution in [0, 0.1) is 34.5 Å². The van der Waals surface area contributed by atoms with Crippen molar-refractivity contribution in [3.05, 3.63) is 23.0 Å². The van der Waals surface area contributed by atoms with E-state index in [0.29, 0.717) is 25.0 Å². The SMILES string of the molecule is CCOC1=CC2=C(C=O)C(C(=O)OC)[C@@H]3[C@H](CC[C@@]4(C)[C@H]3CC[C@]4(O)CCC(=O)O)[C@@]2(C)CC1. The molecule has 1 unspecified atom stereocenters. The van der Waals surface area contributed by atoms with Crippen molar-refractivity contribution < 1.29 is 34.1 Å². The van der Waals surface area contributed by atoms with E-state index >= 15 is 0 Å². The maximum atomic E-state index is 13.2. The Hall–Kier alpha value is -2.15. The number of allylic oxidation sites excluding steroid dienone is 3. The number of hydrogen-bond acceptors (Lipinski definition) is 6. The van der Waals surface area contributed by atoms with Crippen molar-refractivity contribution in [3.63, 3.8) is 0 Å². The van der Waals surface area contributed by atoms with Gasteiger partial charge in [0.05, 0.1) is 31.0 Å². The smallest absolute Gasteiger partial charge is 0.313 e. The standard InChI is InChI=1S/C27H38O7/c1-5-34-16-6-10-25(2)18-7-11-26(3)19(8-12-27(26,32)13-9-21(29)30)23(18)22(24(31)33-4)17(15-28)20(25)14-16/h14-15,18-19,22-23,32H,5-13H2,1-4H3,(H,29,30)/t18-,19-,22?,23+,25+,26-,27-/m0/s1. The Kier molecular flexibility index (Phi) is 6.47. The quantitative estimate of drug-likeness (QED) is 0.423. The first-order valence-corrected chi connectivity index (χ1v) is 12.6. The molecule has 0 aromatic rings. The van der Waals surface area contributed by atoms with Crippen LogP contribution in [0.5, 0.6) is 0 Å². The fourth-order valence-electron chi connectivity index (χ4n) is 8.17. The molecule has 34 heavy (non-hydrogen) atoms. The maximum absolute atomic E-state index is 13.2. The second-order valence-corrected chi connectivity index (χ2v) is 11.2. The number of rotatable bonds is 7. The topological polar surface area (TPSA) is 110 Å². The number of carboxylic acid groups (broad SMARTS) is 1. The Balaban J connectivity index is 1.83. The number of aliphatic hydroxyl groups is 1. The molecule has 0 amide bonds. The summed E-state index contributed by atoms with van der Waals surface area (Å²) in [6.07, 6.45) is 7.35. The molecule has 0 spiro atoms. The molecule has 7 nitrogen and oxygen atoms in total. The molecule has 4 aliphatic carbocycles. The first-order valence-electron chi connectivity index (χ1n) is 12.6. The van der Waals surface area contributed by atoms with Gasteiger partial charge in [-0.1, -0.05) is 13.8 Å². The lowest BCUT2D eigenvalue weighted by atomic mass is 9.44. The molecular formula is C27H38O7. The van der Waals surface area contributed by atoms with E-state index in [4.69, 9.17) is 9.47 Å². The van der Waals surface area contributed by atoms with E-state index in [1.165, 1.54) is 7.11 Å². The molecule has 4 aliphatic rings. The molecule has 0 saturated heterocycles. The number of ether oxygens (including phenoxy) is 2. The van der Waals surface area contributed by atoms with Crippen LogP contribution in [0.25, 0.3) is 0 Å². The number of methoxy groups -OCH3 is 1. The number of esters is 1. The van der Waals surface area contributed by atoms with Gasteiger partial charge in [-0.05, 0) is 85.7 Å². The zero-order valence-corrected chi connectivity index (χ0v) is 20.8. The molecule has 0 aliphatic heterocycles. The van der Waals surface area contributed by atoms with E-state index in [9.17, 15) is 24.6 Å². The minimum atomic E-state index is -1.09. The van der Waals surface area contributed by atoms with Crippen LogP contribution in [0.15, 0.2) is 23.0 Å². The van der Waals surface area contributed by atoms with E-state index < -0.39 is 28.9 Å². The Morgan fingerprint density at radius 2 is 1.88 bits per heavy atom. The van der Waals surface area contributed by atoms with Crippen LogP contribution in [0.2, 0.25) is 0 Å². The number of carbonyl (C=O) groups excluding carboxylic acids is 2. The fraction of sp³-hybridized carbons (Fsp3) is 0.741. The van der Waals surface area contributed by atoms with Gasteiger partial charge < -0.3 is 19.7 Å². The Morgan fingerprint density at radius 1 is 1.18 bits per heavy atom. The van der Waals surface area contributed by atoms with E-state index in [1.807, 2.05) is 13.0 Å². The predicted molar refractivity (Wildman–Crippen MR) is 125 cm³/mol. The summed E-state index contributed by atoms with van der Waals surface area (Å²) in [6, 6.07) is 0. The lowest BCUT2D eigenvalue weighted by Gasteiger charge is -2.60. The summed E-state index contributed by atoms with van der Waals surface area (Å²) in [5, 5.41) is 21.0. The average molecular weight is 475 g/mol. The molecule has 0 aromatic carbocycles. The van der Waals surface area contributed by atoms with Crippen molar-refractivity contribution in [3.8, 4) is 0 Å². The molecule has 2 N–H and O–H groups in total. The van der Waals surface area contributed by atoms with Gasteiger partial charge >= 0.3 is 11.9 Å². The predicted octanol–water partition coefficient (Wildman–Crippen LogP) is 4.04. The van der Waals surface area contributed by atoms with Gasteiger partial charge in [-0.15, -0.1) is 0 Å². The molecule has 7 atom stereocenters. The Bertz CT molecular complexity index is 935. The highest BCUT2D eigenvalue weighted by molar-refractivity contribution is 5.90. The first kappa shape index (κ1) is 25.0. The number of carboxylic acids is 1. The van der Waals surface area contributed by atoms with Crippen molar-refractivity contribution in [2.75, 3.05) is 13.7 Å². The van der Waals surface area contributed by atoms with Gasteiger partial charge in [0, 0.05) is 18.4 Å². The fourth-order valence-corrected chi connectivity index (χ4v) is 8.17. The molecule has 0 aromatic heterocycles. The van der Waals surface area contributed by atoms with Crippen LogP contribution >= 0.6 is 0 Å². The molecule has 4 rings (SSSR count). The molecular weight excluding hydrogens is 436 g/mol. The van der Waals surface area contributed by atoms with Crippen LogP contribution in [0.3, 0.4) is 0 Å². The summed E-state index contributed by atoms with van der Waals surface area (Å²) >= 11 is 0. The van der Waals surface area contributed by atoms with Gasteiger partial charge in [0.15, 0.2) is 0 Å². The van der Waals surface area contributed by atoms with Crippen LogP contribution < -0.4 is 0 Å². The Morgan fingerprint density at radius 3 is 2.50 bits per heavy atom. The average Bonchev–Trinajstić information content (AvgIpc) is 3.08. The summed E-state index contributed by atoms with van der Waals surface area (Å²) in [6.45, 7) is 6.76. The van der Waals surface area contributed by atoms with Crippen LogP contribution in [0.4, 0.5) is 0 Å². The van der Waals surface area contributed by atoms with Crippen molar-refractivity contribution >= 4 is 18.2 Å². The second-order valence-electron chi connectivity index (χ2n) is 11.2. The van der Waals surface area contributed by atoms with Crippen LogP contribution in [-0.4, -0.2) is 47.8 Å². The lowest BCUT2D eigenvalue weighted by Crippen LogP contribution is -2.58. The molecule has 2 fully saturated rings. The molecule has 2 saturated carbocycles. The zero-order valence-electron chi connectivity index (χ0n) is 20.8. The van der Waals surface area contributed by atoms with Crippen molar-refractivity contribution in [2.24, 2.45) is 34.5 Å². The summed E-state index contributed by atoms with van der Waals surface area (Å²) < 4.78 is 11.0. The highest BCUT2D eigenvalue weighted by Crippen LogP contribution is 2.69. The normalized spacial score (nSPS) is 41.0. The molecule has 0 radical (unpaired) electrons. The van der Waals surface area contributed by atoms with E-state index in [2.05, 4.69) is 13.8 Å². The summed E-state index contributed by atoms with van der Waals surface area (Å²) in [4.78, 5) is 37.1. The maximum Gasteiger partial charge on any atom is 0.313 e. The summed E-state index contributed by atoms with van der Waals surface area (Å²) in [7, 11) is 1.36. The van der Waals surface area contributed by atoms with Gasteiger partial charge in [-0.2, -0.15) is 0 Å². The lowest BCUT2D eigenvalue weighted by molar-refractivity contribution is -0.163. The van der Waals surface area contributed by atoms with Crippen LogP contribution in [-0.2, 0) is 23.9 Å². The van der Waals surface area contributed by atoms with E-state index in [0.717, 1.165) is 43.3 Å². The van der Waals surface area contributed by atoms with Gasteiger partial charge in [-0.3, -0.25) is 14.4 Å². The minimum Gasteiger partial charge on any atom is -0.498 e. The number of hydrogen-bond donors (Lipinski definition) is 2. The molecule has 0 heterocycles.